The Morgan fingerprint density at radius 1 is 1.15 bits per heavy atom. The molecule has 0 radical (unpaired) electrons. The predicted octanol–water partition coefficient (Wildman–Crippen LogP) is 4.33. The maximum absolute atomic E-state index is 12.6. The summed E-state index contributed by atoms with van der Waals surface area (Å²) in [4.78, 5) is 27.8. The monoisotopic (exact) mass is 384 g/mol. The number of carbonyl (C=O) groups is 2. The smallest absolute Gasteiger partial charge is 0.227 e. The van der Waals surface area contributed by atoms with Crippen molar-refractivity contribution < 1.29 is 14.3 Å². The number of hydrogen-bond acceptors (Lipinski definition) is 4. The molecule has 0 aliphatic carbocycles. The minimum Gasteiger partial charge on any atom is -0.494 e. The third kappa shape index (κ3) is 5.26. The topological polar surface area (TPSA) is 58.6 Å². The van der Waals surface area contributed by atoms with Crippen LogP contribution in [0.4, 0.5) is 11.4 Å². The summed E-state index contributed by atoms with van der Waals surface area (Å²) in [6, 6.07) is 15.2. The van der Waals surface area contributed by atoms with Gasteiger partial charge in [0.25, 0.3) is 0 Å². The molecule has 0 saturated carbocycles. The number of ether oxygens (including phenoxy) is 1. The number of nitrogens with zero attached hydrogens (tertiary/aromatic N) is 1. The molecular weight excluding hydrogens is 360 g/mol. The van der Waals surface area contributed by atoms with E-state index in [-0.39, 0.29) is 24.7 Å². The van der Waals surface area contributed by atoms with E-state index in [0.29, 0.717) is 18.8 Å². The third-order valence-electron chi connectivity index (χ3n) is 4.19. The van der Waals surface area contributed by atoms with Gasteiger partial charge in [0.15, 0.2) is 0 Å². The van der Waals surface area contributed by atoms with Crippen LogP contribution in [0.2, 0.25) is 0 Å². The van der Waals surface area contributed by atoms with Gasteiger partial charge in [0.05, 0.1) is 12.3 Å². The van der Waals surface area contributed by atoms with E-state index in [0.717, 1.165) is 28.5 Å². The number of anilines is 2. The van der Waals surface area contributed by atoms with Crippen molar-refractivity contribution in [1.29, 1.82) is 0 Å². The predicted molar refractivity (Wildman–Crippen MR) is 110 cm³/mol. The van der Waals surface area contributed by atoms with Crippen molar-refractivity contribution in [2.45, 2.75) is 31.1 Å². The minimum absolute atomic E-state index is 0.0158. The molecule has 1 aliphatic heterocycles. The Labute approximate surface area is 164 Å². The summed E-state index contributed by atoms with van der Waals surface area (Å²) in [5, 5.41) is 2.84. The van der Waals surface area contributed by atoms with E-state index in [4.69, 9.17) is 4.74 Å². The van der Waals surface area contributed by atoms with Gasteiger partial charge in [-0.15, -0.1) is 11.8 Å². The Bertz CT molecular complexity index is 810. The summed E-state index contributed by atoms with van der Waals surface area (Å²) in [5.41, 5.74) is 1.63. The van der Waals surface area contributed by atoms with Gasteiger partial charge in [-0.25, -0.2) is 0 Å². The molecule has 0 fully saturated rings. The standard InChI is InChI=1S/C21H24N2O3S/c1-2-13-26-17-7-5-6-16(15-17)22-20(24)10-11-21(25)23-12-14-27-19-9-4-3-8-18(19)23/h3-9,15H,2,10-14H2,1H3,(H,22,24). The summed E-state index contributed by atoms with van der Waals surface area (Å²) >= 11 is 1.76. The highest BCUT2D eigenvalue weighted by Gasteiger charge is 2.22. The molecule has 1 N–H and O–H groups in total. The lowest BCUT2D eigenvalue weighted by molar-refractivity contribution is -0.122. The van der Waals surface area contributed by atoms with Crippen LogP contribution in [-0.2, 0) is 9.59 Å². The molecule has 2 aromatic carbocycles. The van der Waals surface area contributed by atoms with Crippen molar-refractivity contribution in [1.82, 2.24) is 0 Å². The van der Waals surface area contributed by atoms with E-state index in [9.17, 15) is 9.59 Å². The van der Waals surface area contributed by atoms with Gasteiger partial charge in [0, 0.05) is 41.8 Å². The van der Waals surface area contributed by atoms with E-state index in [2.05, 4.69) is 5.32 Å². The fourth-order valence-corrected chi connectivity index (χ4v) is 3.89. The third-order valence-corrected chi connectivity index (χ3v) is 5.23. The normalized spacial score (nSPS) is 13.0. The van der Waals surface area contributed by atoms with Crippen LogP contribution in [0.5, 0.6) is 5.75 Å². The molecule has 27 heavy (non-hydrogen) atoms. The van der Waals surface area contributed by atoms with Gasteiger partial charge in [0.2, 0.25) is 11.8 Å². The first-order valence-electron chi connectivity index (χ1n) is 9.22. The summed E-state index contributed by atoms with van der Waals surface area (Å²) < 4.78 is 5.57. The SMILES string of the molecule is CCCOc1cccc(NC(=O)CCC(=O)N2CCSc3ccccc32)c1. The second-order valence-electron chi connectivity index (χ2n) is 6.29. The highest BCUT2D eigenvalue weighted by molar-refractivity contribution is 7.99. The second-order valence-corrected chi connectivity index (χ2v) is 7.42. The molecule has 0 atom stereocenters. The van der Waals surface area contributed by atoms with Gasteiger partial charge in [-0.3, -0.25) is 9.59 Å². The highest BCUT2D eigenvalue weighted by atomic mass is 32.2. The second kappa shape index (κ2) is 9.46. The number of nitrogens with one attached hydrogen (secondary N) is 1. The number of carbonyl (C=O) groups excluding carboxylic acids is 2. The van der Waals surface area contributed by atoms with Crippen molar-refractivity contribution in [3.63, 3.8) is 0 Å². The molecule has 142 valence electrons. The molecule has 2 amide bonds. The summed E-state index contributed by atoms with van der Waals surface area (Å²) in [5.74, 6) is 1.42. The molecule has 1 aliphatic rings. The van der Waals surface area contributed by atoms with E-state index in [1.54, 1.807) is 22.7 Å². The van der Waals surface area contributed by atoms with Gasteiger partial charge in [0.1, 0.15) is 5.75 Å². The Morgan fingerprint density at radius 2 is 2.00 bits per heavy atom. The fraction of sp³-hybridized carbons (Fsp3) is 0.333. The van der Waals surface area contributed by atoms with Crippen molar-refractivity contribution in [3.05, 3.63) is 48.5 Å². The first-order valence-corrected chi connectivity index (χ1v) is 10.2. The Kier molecular flexibility index (Phi) is 6.76. The van der Waals surface area contributed by atoms with Crippen LogP contribution in [-0.4, -0.2) is 30.7 Å². The first-order chi connectivity index (χ1) is 13.2. The average Bonchev–Trinajstić information content (AvgIpc) is 2.70. The number of rotatable bonds is 7. The Hall–Kier alpha value is -2.47. The number of hydrogen-bond donors (Lipinski definition) is 1. The van der Waals surface area contributed by atoms with Crippen LogP contribution in [0.25, 0.3) is 0 Å². The van der Waals surface area contributed by atoms with Crippen molar-refractivity contribution in [2.24, 2.45) is 0 Å². The number of benzene rings is 2. The zero-order chi connectivity index (χ0) is 19.1. The lowest BCUT2D eigenvalue weighted by atomic mass is 10.2. The zero-order valence-corrected chi connectivity index (χ0v) is 16.3. The zero-order valence-electron chi connectivity index (χ0n) is 15.4. The average molecular weight is 385 g/mol. The molecule has 3 rings (SSSR count). The van der Waals surface area contributed by atoms with E-state index in [1.165, 1.54) is 0 Å². The maximum Gasteiger partial charge on any atom is 0.227 e. The largest absolute Gasteiger partial charge is 0.494 e. The van der Waals surface area contributed by atoms with Gasteiger partial charge in [-0.1, -0.05) is 25.1 Å². The Balaban J connectivity index is 1.53. The molecule has 5 nitrogen and oxygen atoms in total. The van der Waals surface area contributed by atoms with Crippen LogP contribution in [0.15, 0.2) is 53.4 Å². The molecule has 0 saturated heterocycles. The van der Waals surface area contributed by atoms with Gasteiger partial charge in [-0.05, 0) is 30.7 Å². The summed E-state index contributed by atoms with van der Waals surface area (Å²) in [7, 11) is 0. The van der Waals surface area contributed by atoms with Crippen LogP contribution in [0.3, 0.4) is 0 Å². The molecule has 0 unspecified atom stereocenters. The molecular formula is C21H24N2O3S. The van der Waals surface area contributed by atoms with Crippen LogP contribution in [0.1, 0.15) is 26.2 Å². The van der Waals surface area contributed by atoms with Crippen LogP contribution in [0, 0.1) is 0 Å². The van der Waals surface area contributed by atoms with E-state index >= 15 is 0 Å². The minimum atomic E-state index is -0.171. The van der Waals surface area contributed by atoms with Gasteiger partial charge in [-0.2, -0.15) is 0 Å². The Morgan fingerprint density at radius 3 is 2.85 bits per heavy atom. The lowest BCUT2D eigenvalue weighted by Crippen LogP contribution is -2.35. The van der Waals surface area contributed by atoms with Crippen molar-refractivity contribution in [2.75, 3.05) is 29.1 Å². The summed E-state index contributed by atoms with van der Waals surface area (Å²) in [6.07, 6.45) is 1.28. The van der Waals surface area contributed by atoms with E-state index < -0.39 is 0 Å². The highest BCUT2D eigenvalue weighted by Crippen LogP contribution is 2.34. The molecule has 1 heterocycles. The number of thioether (sulfide) groups is 1. The van der Waals surface area contributed by atoms with Crippen LogP contribution < -0.4 is 15.0 Å². The molecule has 0 spiro atoms. The van der Waals surface area contributed by atoms with Crippen LogP contribution >= 0.6 is 11.8 Å². The van der Waals surface area contributed by atoms with Gasteiger partial charge < -0.3 is 15.0 Å². The quantitative estimate of drug-likeness (QED) is 0.772. The van der Waals surface area contributed by atoms with E-state index in [1.807, 2.05) is 49.4 Å². The molecule has 0 aromatic heterocycles. The molecule has 6 heteroatoms. The fourth-order valence-electron chi connectivity index (χ4n) is 2.89. The van der Waals surface area contributed by atoms with Crippen molar-refractivity contribution in [3.8, 4) is 5.75 Å². The number of para-hydroxylation sites is 1. The first kappa shape index (κ1) is 19.3. The lowest BCUT2D eigenvalue weighted by Gasteiger charge is -2.29. The maximum atomic E-state index is 12.6. The number of amides is 2. The van der Waals surface area contributed by atoms with Gasteiger partial charge >= 0.3 is 0 Å². The summed E-state index contributed by atoms with van der Waals surface area (Å²) in [6.45, 7) is 3.36. The van der Waals surface area contributed by atoms with Crippen molar-refractivity contribution >= 4 is 35.0 Å². The number of fused-ring (bicyclic) bond motifs is 1. The molecule has 0 bridgehead atoms. The molecule has 2 aromatic rings.